The Bertz CT molecular complexity index is 1330. The second-order valence-electron chi connectivity index (χ2n) is 9.67. The number of fused-ring (bicyclic) bond motifs is 2. The van der Waals surface area contributed by atoms with E-state index in [0.29, 0.717) is 60.3 Å². The Morgan fingerprint density at radius 1 is 1.00 bits per heavy atom. The lowest BCUT2D eigenvalue weighted by molar-refractivity contribution is 0.0663. The van der Waals surface area contributed by atoms with Crippen molar-refractivity contribution in [1.82, 2.24) is 4.90 Å². The van der Waals surface area contributed by atoms with Crippen molar-refractivity contribution in [3.05, 3.63) is 68.6 Å². The van der Waals surface area contributed by atoms with Gasteiger partial charge in [0.15, 0.2) is 16.9 Å². The number of carbonyl (C=O) groups excluding carboxylic acids is 1. The van der Waals surface area contributed by atoms with Gasteiger partial charge in [-0.3, -0.25) is 9.59 Å². The van der Waals surface area contributed by atoms with Gasteiger partial charge < -0.3 is 23.5 Å². The smallest absolute Gasteiger partial charge is 0.290 e. The van der Waals surface area contributed by atoms with Crippen LogP contribution in [0.25, 0.3) is 11.0 Å². The van der Waals surface area contributed by atoms with Crippen LogP contribution in [-0.4, -0.2) is 44.3 Å². The van der Waals surface area contributed by atoms with Crippen LogP contribution in [-0.2, 0) is 4.74 Å². The minimum absolute atomic E-state index is 0.0899. The Hall–Kier alpha value is -3.32. The molecule has 2 heterocycles. The molecule has 0 fully saturated rings. The monoisotopic (exact) mass is 493 g/mol. The second-order valence-corrected chi connectivity index (χ2v) is 9.67. The molecule has 36 heavy (non-hydrogen) atoms. The lowest BCUT2D eigenvalue weighted by Crippen LogP contribution is -2.32. The Balaban J connectivity index is 1.85. The standard InChI is InChI=1S/C29H35NO6/c1-7-34-24-16-20(8-9-22(24)35-12-10-17(2)3)26-25-27(31)21-14-18(4)19(5)15-23(21)36-28(25)29(32)30(26)11-13-33-6/h8-9,14-17,26H,7,10-13H2,1-6H3. The molecule has 7 nitrogen and oxygen atoms in total. The van der Waals surface area contributed by atoms with Gasteiger partial charge in [0.2, 0.25) is 5.76 Å². The first-order valence-electron chi connectivity index (χ1n) is 12.5. The van der Waals surface area contributed by atoms with Gasteiger partial charge in [0, 0.05) is 13.7 Å². The van der Waals surface area contributed by atoms with Crippen molar-refractivity contribution in [2.75, 3.05) is 33.5 Å². The summed E-state index contributed by atoms with van der Waals surface area (Å²) in [6.45, 7) is 11.8. The van der Waals surface area contributed by atoms with E-state index in [9.17, 15) is 9.59 Å². The number of rotatable bonds is 10. The lowest BCUT2D eigenvalue weighted by Gasteiger charge is -2.25. The lowest BCUT2D eigenvalue weighted by atomic mass is 9.97. The van der Waals surface area contributed by atoms with Gasteiger partial charge in [0.1, 0.15) is 5.58 Å². The van der Waals surface area contributed by atoms with Crippen LogP contribution in [0.15, 0.2) is 39.5 Å². The summed E-state index contributed by atoms with van der Waals surface area (Å²) < 4.78 is 23.3. The number of benzene rings is 2. The molecule has 0 saturated carbocycles. The maximum Gasteiger partial charge on any atom is 0.290 e. The van der Waals surface area contributed by atoms with Crippen LogP contribution < -0.4 is 14.9 Å². The van der Waals surface area contributed by atoms with Gasteiger partial charge in [-0.25, -0.2) is 0 Å². The molecule has 0 saturated heterocycles. The van der Waals surface area contributed by atoms with Crippen LogP contribution in [0.1, 0.15) is 66.0 Å². The summed E-state index contributed by atoms with van der Waals surface area (Å²) in [5.74, 6) is 1.53. The quantitative estimate of drug-likeness (QED) is 0.375. The fraction of sp³-hybridized carbons (Fsp3) is 0.448. The molecular formula is C29H35NO6. The number of carbonyl (C=O) groups is 1. The van der Waals surface area contributed by atoms with Gasteiger partial charge in [-0.15, -0.1) is 0 Å². The molecule has 192 valence electrons. The third-order valence-electron chi connectivity index (χ3n) is 6.65. The van der Waals surface area contributed by atoms with E-state index in [0.717, 1.165) is 23.1 Å². The highest BCUT2D eigenvalue weighted by molar-refractivity contribution is 5.99. The van der Waals surface area contributed by atoms with Crippen molar-refractivity contribution in [3.63, 3.8) is 0 Å². The zero-order chi connectivity index (χ0) is 26.0. The Kier molecular flexibility index (Phi) is 7.69. The van der Waals surface area contributed by atoms with E-state index in [2.05, 4.69) is 13.8 Å². The average molecular weight is 494 g/mol. The first-order valence-corrected chi connectivity index (χ1v) is 12.5. The number of methoxy groups -OCH3 is 1. The van der Waals surface area contributed by atoms with Gasteiger partial charge in [-0.1, -0.05) is 19.9 Å². The van der Waals surface area contributed by atoms with E-state index in [1.54, 1.807) is 12.0 Å². The molecule has 0 bridgehead atoms. The Morgan fingerprint density at radius 3 is 2.44 bits per heavy atom. The summed E-state index contributed by atoms with van der Waals surface area (Å²) in [6.07, 6.45) is 0.926. The topological polar surface area (TPSA) is 78.2 Å². The Morgan fingerprint density at radius 2 is 1.75 bits per heavy atom. The molecular weight excluding hydrogens is 458 g/mol. The molecule has 0 aliphatic carbocycles. The molecule has 0 N–H and O–H groups in total. The molecule has 0 spiro atoms. The fourth-order valence-corrected chi connectivity index (χ4v) is 4.53. The van der Waals surface area contributed by atoms with Gasteiger partial charge in [0.25, 0.3) is 5.91 Å². The van der Waals surface area contributed by atoms with Crippen LogP contribution >= 0.6 is 0 Å². The molecule has 1 aromatic heterocycles. The van der Waals surface area contributed by atoms with E-state index in [-0.39, 0.29) is 17.1 Å². The molecule has 1 aliphatic heterocycles. The molecule has 1 aliphatic rings. The number of aryl methyl sites for hydroxylation is 2. The van der Waals surface area contributed by atoms with Crippen LogP contribution in [0.2, 0.25) is 0 Å². The summed E-state index contributed by atoms with van der Waals surface area (Å²) in [5, 5.41) is 0.474. The summed E-state index contributed by atoms with van der Waals surface area (Å²) >= 11 is 0. The van der Waals surface area contributed by atoms with Crippen molar-refractivity contribution in [3.8, 4) is 11.5 Å². The number of hydrogen-bond donors (Lipinski definition) is 0. The maximum atomic E-state index is 13.8. The fourth-order valence-electron chi connectivity index (χ4n) is 4.53. The van der Waals surface area contributed by atoms with E-state index < -0.39 is 6.04 Å². The molecule has 0 radical (unpaired) electrons. The van der Waals surface area contributed by atoms with E-state index in [4.69, 9.17) is 18.6 Å². The highest BCUT2D eigenvalue weighted by Crippen LogP contribution is 2.41. The largest absolute Gasteiger partial charge is 0.490 e. The average Bonchev–Trinajstić information content (AvgIpc) is 3.11. The van der Waals surface area contributed by atoms with Gasteiger partial charge in [-0.05, 0) is 74.1 Å². The zero-order valence-corrected chi connectivity index (χ0v) is 22.0. The number of hydrogen-bond acceptors (Lipinski definition) is 6. The molecule has 4 rings (SSSR count). The van der Waals surface area contributed by atoms with Gasteiger partial charge >= 0.3 is 0 Å². The molecule has 1 unspecified atom stereocenters. The van der Waals surface area contributed by atoms with Crippen LogP contribution in [0.4, 0.5) is 0 Å². The minimum Gasteiger partial charge on any atom is -0.490 e. The minimum atomic E-state index is -0.617. The van der Waals surface area contributed by atoms with Crippen LogP contribution in [0.3, 0.4) is 0 Å². The SMILES string of the molecule is CCOc1cc(C2c3c(oc4cc(C)c(C)cc4c3=O)C(=O)N2CCOC)ccc1OCCC(C)C. The predicted molar refractivity (Wildman–Crippen MR) is 139 cm³/mol. The summed E-state index contributed by atoms with van der Waals surface area (Å²) in [6, 6.07) is 8.66. The molecule has 2 aromatic carbocycles. The van der Waals surface area contributed by atoms with Crippen molar-refractivity contribution in [1.29, 1.82) is 0 Å². The molecule has 7 heteroatoms. The van der Waals surface area contributed by atoms with Gasteiger partial charge in [0.05, 0.1) is 36.8 Å². The third-order valence-corrected chi connectivity index (χ3v) is 6.65. The predicted octanol–water partition coefficient (Wildman–Crippen LogP) is 5.43. The highest BCUT2D eigenvalue weighted by Gasteiger charge is 2.42. The zero-order valence-electron chi connectivity index (χ0n) is 22.0. The van der Waals surface area contributed by atoms with Crippen molar-refractivity contribution in [2.45, 2.75) is 47.1 Å². The number of nitrogens with zero attached hydrogens (tertiary/aromatic N) is 1. The first-order chi connectivity index (χ1) is 17.3. The normalized spacial score (nSPS) is 15.1. The molecule has 1 amide bonds. The number of amides is 1. The third kappa shape index (κ3) is 4.85. The van der Waals surface area contributed by atoms with E-state index in [1.807, 2.05) is 51.1 Å². The first kappa shape index (κ1) is 25.8. The second kappa shape index (κ2) is 10.7. The van der Waals surface area contributed by atoms with E-state index >= 15 is 0 Å². The number of ether oxygens (including phenoxy) is 3. The van der Waals surface area contributed by atoms with Gasteiger partial charge in [-0.2, -0.15) is 0 Å². The molecule has 1 atom stereocenters. The summed E-state index contributed by atoms with van der Waals surface area (Å²) in [4.78, 5) is 28.9. The van der Waals surface area contributed by atoms with Crippen molar-refractivity contribution in [2.24, 2.45) is 5.92 Å². The van der Waals surface area contributed by atoms with Crippen molar-refractivity contribution < 1.29 is 23.4 Å². The van der Waals surface area contributed by atoms with E-state index in [1.165, 1.54) is 0 Å². The highest BCUT2D eigenvalue weighted by atomic mass is 16.5. The summed E-state index contributed by atoms with van der Waals surface area (Å²) in [5.41, 5.74) is 3.33. The maximum absolute atomic E-state index is 13.8. The van der Waals surface area contributed by atoms with Crippen molar-refractivity contribution >= 4 is 16.9 Å². The molecule has 3 aromatic rings. The van der Waals surface area contributed by atoms with Crippen LogP contribution in [0, 0.1) is 19.8 Å². The van der Waals surface area contributed by atoms with Crippen LogP contribution in [0.5, 0.6) is 11.5 Å². The summed E-state index contributed by atoms with van der Waals surface area (Å²) in [7, 11) is 1.59. The Labute approximate surface area is 212 Å².